The molecule has 33 heteroatoms. The van der Waals surface area contributed by atoms with Crippen LogP contribution in [0.1, 0.15) is 25.7 Å². The summed E-state index contributed by atoms with van der Waals surface area (Å²) in [5.41, 5.74) is 0. The van der Waals surface area contributed by atoms with Gasteiger partial charge >= 0.3 is 0 Å². The second-order valence-corrected chi connectivity index (χ2v) is 19.5. The number of nitrogens with one attached hydrogen (secondary N) is 3. The largest absolute Gasteiger partial charge is 0.394 e. The fraction of sp³-hybridized carbons (Fsp3) is 0.941. The van der Waals surface area contributed by atoms with Crippen molar-refractivity contribution >= 4 is 18.1 Å². The molecule has 15 N–H and O–H groups in total. The van der Waals surface area contributed by atoms with Crippen LogP contribution < -0.4 is 16.0 Å². The molecule has 494 valence electrons. The Bertz CT molecular complexity index is 1580. The monoisotopic (exact) mass is 1230 g/mol. The second-order valence-electron chi connectivity index (χ2n) is 19.5. The van der Waals surface area contributed by atoms with Crippen molar-refractivity contribution in [2.75, 3.05) is 178 Å². The lowest BCUT2D eigenvalue weighted by molar-refractivity contribution is -0.302. The van der Waals surface area contributed by atoms with Gasteiger partial charge in [-0.1, -0.05) is 0 Å². The highest BCUT2D eigenvalue weighted by molar-refractivity contribution is 5.76. The van der Waals surface area contributed by atoms with Crippen molar-refractivity contribution in [3.63, 3.8) is 0 Å². The van der Waals surface area contributed by atoms with Gasteiger partial charge in [0.2, 0.25) is 11.8 Å². The zero-order valence-electron chi connectivity index (χ0n) is 47.5. The Labute approximate surface area is 487 Å². The van der Waals surface area contributed by atoms with Gasteiger partial charge < -0.3 is 153 Å². The van der Waals surface area contributed by atoms with Gasteiger partial charge in [0.1, 0.15) is 79.5 Å². The van der Waals surface area contributed by atoms with E-state index in [1.54, 1.807) is 0 Å². The summed E-state index contributed by atoms with van der Waals surface area (Å²) in [5.74, 6) is -0.790. The predicted octanol–water partition coefficient (Wildman–Crippen LogP) is -8.85. The summed E-state index contributed by atoms with van der Waals surface area (Å²) in [6.45, 7) is 2.66. The number of aliphatic hydroxyl groups excluding tert-OH is 12. The molecule has 10 unspecified atom stereocenters. The molecule has 0 spiro atoms. The van der Waals surface area contributed by atoms with Crippen LogP contribution in [-0.2, 0) is 85.4 Å². The molecule has 0 saturated carbocycles. The third-order valence-corrected chi connectivity index (χ3v) is 13.0. The highest BCUT2D eigenvalue weighted by Gasteiger charge is 2.46. The molecule has 0 aromatic heterocycles. The first-order valence-electron chi connectivity index (χ1n) is 28.3. The number of aldehydes is 1. The minimum Gasteiger partial charge on any atom is -0.394 e. The lowest BCUT2D eigenvalue weighted by Gasteiger charge is -2.39. The van der Waals surface area contributed by atoms with E-state index in [1.165, 1.54) is 0 Å². The summed E-state index contributed by atoms with van der Waals surface area (Å²) in [4.78, 5) is 36.7. The molecule has 0 radical (unpaired) electrons. The molecule has 3 fully saturated rings. The van der Waals surface area contributed by atoms with E-state index in [1.807, 2.05) is 0 Å². The molecular formula is C51H95N3O30. The predicted molar refractivity (Wildman–Crippen MR) is 282 cm³/mol. The lowest BCUT2D eigenvalue weighted by Crippen LogP contribution is -2.59. The van der Waals surface area contributed by atoms with Crippen molar-refractivity contribution in [1.29, 1.82) is 0 Å². The molecule has 0 aromatic rings. The highest BCUT2D eigenvalue weighted by atomic mass is 16.7. The van der Waals surface area contributed by atoms with E-state index >= 15 is 0 Å². The molecule has 16 atom stereocenters. The Morgan fingerprint density at radius 3 is 1.06 bits per heavy atom. The highest BCUT2D eigenvalue weighted by Crippen LogP contribution is 2.24. The average Bonchev–Trinajstić information content (AvgIpc) is 3.13. The Morgan fingerprint density at radius 2 is 0.714 bits per heavy atom. The van der Waals surface area contributed by atoms with Gasteiger partial charge in [-0.3, -0.25) is 9.59 Å². The van der Waals surface area contributed by atoms with Crippen LogP contribution >= 0.6 is 0 Å². The molecule has 3 aliphatic heterocycles. The van der Waals surface area contributed by atoms with Crippen molar-refractivity contribution < 1.29 is 147 Å². The zero-order valence-corrected chi connectivity index (χ0v) is 47.5. The topological polar surface area (TPSA) is 469 Å². The first-order valence-corrected chi connectivity index (χ1v) is 28.3. The third-order valence-electron chi connectivity index (χ3n) is 13.0. The number of aliphatic hydroxyl groups is 12. The van der Waals surface area contributed by atoms with Crippen molar-refractivity contribution in [2.45, 2.75) is 124 Å². The van der Waals surface area contributed by atoms with E-state index in [4.69, 9.17) is 71.1 Å². The molecule has 3 aliphatic rings. The van der Waals surface area contributed by atoms with Crippen molar-refractivity contribution in [2.24, 2.45) is 5.92 Å². The molecule has 0 aliphatic carbocycles. The summed E-state index contributed by atoms with van der Waals surface area (Å²) < 4.78 is 82.2. The van der Waals surface area contributed by atoms with Crippen LogP contribution in [-0.4, -0.2) is 356 Å². The van der Waals surface area contributed by atoms with Crippen molar-refractivity contribution in [3.8, 4) is 0 Å². The van der Waals surface area contributed by atoms with Crippen molar-refractivity contribution in [3.05, 3.63) is 0 Å². The summed E-state index contributed by atoms with van der Waals surface area (Å²) in [7, 11) is 0. The number of hydrogen-bond donors (Lipinski definition) is 15. The van der Waals surface area contributed by atoms with Gasteiger partial charge in [0.05, 0.1) is 158 Å². The Hall–Kier alpha value is -2.51. The van der Waals surface area contributed by atoms with E-state index in [2.05, 4.69) is 16.0 Å². The maximum absolute atomic E-state index is 12.5. The molecular weight excluding hydrogens is 1130 g/mol. The normalized spacial score (nSPS) is 28.9. The van der Waals surface area contributed by atoms with E-state index in [0.717, 1.165) is 6.29 Å². The molecule has 33 nitrogen and oxygen atoms in total. The minimum atomic E-state index is -1.54. The van der Waals surface area contributed by atoms with Crippen LogP contribution in [0.25, 0.3) is 0 Å². The van der Waals surface area contributed by atoms with Crippen LogP contribution in [0.3, 0.4) is 0 Å². The smallest absolute Gasteiger partial charge is 0.222 e. The fourth-order valence-electron chi connectivity index (χ4n) is 8.12. The maximum Gasteiger partial charge on any atom is 0.222 e. The van der Waals surface area contributed by atoms with Crippen molar-refractivity contribution in [1.82, 2.24) is 16.0 Å². The molecule has 2 amide bonds. The molecule has 0 aromatic carbocycles. The molecule has 84 heavy (non-hydrogen) atoms. The van der Waals surface area contributed by atoms with E-state index in [0.29, 0.717) is 32.6 Å². The van der Waals surface area contributed by atoms with Crippen LogP contribution in [0.2, 0.25) is 0 Å². The standard InChI is InChI=1S/C51H95N3O30/c55-26-34(52-5-11-70-14-17-73-20-23-79-49-46(67)43(64)40(61)35(27-56)82-49)2-1-8-76-30-33(31-77-9-3-38(59)53-6-12-71-15-18-74-21-24-80-50-47(68)44(65)41(62)36(28-57)83-50)32-78-10-4-39(60)54-7-13-72-16-19-75-22-25-81-51-48(69)45(66)42(63)37(29-58)84-51/h26,33-37,40-52,56-58,61-69H,1-25,27-32H2,(H,53,59)(H,54,60)/t33?,34?,35?,36?,37?,40-,41-,42-,43?,44?,45?,46?,47?,48?,49+,50+,51+/m1/s1. The summed E-state index contributed by atoms with van der Waals surface area (Å²) in [6.07, 6.45) is -18.6. The van der Waals surface area contributed by atoms with Gasteiger partial charge in [-0.2, -0.15) is 0 Å². The Kier molecular flexibility index (Phi) is 42.0. The number of carbonyl (C=O) groups is 3. The number of ether oxygens (including phenoxy) is 15. The molecule has 3 saturated heterocycles. The van der Waals surface area contributed by atoms with Gasteiger partial charge in [0.15, 0.2) is 18.9 Å². The summed E-state index contributed by atoms with van der Waals surface area (Å²) in [6, 6.07) is -0.448. The molecule has 0 bridgehead atoms. The Morgan fingerprint density at radius 1 is 0.393 bits per heavy atom. The second kappa shape index (κ2) is 46.6. The van der Waals surface area contributed by atoms with Gasteiger partial charge in [0.25, 0.3) is 0 Å². The maximum atomic E-state index is 12.5. The SMILES string of the molecule is O=CC(CCCOCC(COCCC(=O)NCCOCCOCCO[C@H]1OC(CO)[C@@H](O)C(O)C1O)COCCC(=O)NCCOCCOCCO[C@H]1OC(CO)[C@@H](O)C(O)C1O)NCCOCCOCCO[C@H]1OC(CO)[C@@H](O)C(O)C1O. The van der Waals surface area contributed by atoms with E-state index in [9.17, 15) is 75.7 Å². The Balaban J connectivity index is 1.25. The first kappa shape index (κ1) is 75.7. The van der Waals surface area contributed by atoms with Gasteiger partial charge in [0, 0.05) is 45.0 Å². The van der Waals surface area contributed by atoms with Gasteiger partial charge in [-0.25, -0.2) is 0 Å². The van der Waals surface area contributed by atoms with Gasteiger partial charge in [-0.05, 0) is 12.8 Å². The number of amides is 2. The minimum absolute atomic E-state index is 0.00564. The quantitative estimate of drug-likeness (QED) is 0.0199. The number of hydrogen-bond acceptors (Lipinski definition) is 31. The fourth-order valence-corrected chi connectivity index (χ4v) is 8.12. The number of carbonyl (C=O) groups excluding carboxylic acids is 3. The summed E-state index contributed by atoms with van der Waals surface area (Å²) >= 11 is 0. The van der Waals surface area contributed by atoms with Gasteiger partial charge in [-0.15, -0.1) is 0 Å². The van der Waals surface area contributed by atoms with Crippen LogP contribution in [0.5, 0.6) is 0 Å². The van der Waals surface area contributed by atoms with Crippen LogP contribution in [0, 0.1) is 5.92 Å². The van der Waals surface area contributed by atoms with E-state index < -0.39 is 118 Å². The van der Waals surface area contributed by atoms with E-state index in [-0.39, 0.29) is 169 Å². The first-order chi connectivity index (χ1) is 40.7. The third kappa shape index (κ3) is 30.6. The number of rotatable bonds is 51. The summed E-state index contributed by atoms with van der Waals surface area (Å²) in [5, 5.41) is 126. The average molecular weight is 1230 g/mol. The molecule has 3 heterocycles. The lowest BCUT2D eigenvalue weighted by atomic mass is 9.99. The molecule has 3 rings (SSSR count). The van der Waals surface area contributed by atoms with Crippen LogP contribution in [0.4, 0.5) is 0 Å². The zero-order chi connectivity index (χ0) is 61.3. The van der Waals surface area contributed by atoms with Crippen LogP contribution in [0.15, 0.2) is 0 Å².